The number of nitrogens with zero attached hydrogens (tertiary/aromatic N) is 1. The third kappa shape index (κ3) is 2.91. The molecule has 1 heterocycles. The number of rotatable bonds is 4. The highest BCUT2D eigenvalue weighted by atomic mass is 19.1. The number of aldehydes is 1. The molecule has 0 saturated heterocycles. The Hall–Kier alpha value is -2.49. The number of hydrogen-bond donors (Lipinski definition) is 0. The normalized spacial score (nSPS) is 16.9. The van der Waals surface area contributed by atoms with Crippen LogP contribution in [-0.4, -0.2) is 10.9 Å². The second kappa shape index (κ2) is 6.10. The molecule has 1 aliphatic carbocycles. The highest BCUT2D eigenvalue weighted by molar-refractivity contribution is 5.78. The van der Waals surface area contributed by atoms with Crippen LogP contribution in [0.1, 0.15) is 16.9 Å². The lowest BCUT2D eigenvalue weighted by molar-refractivity contribution is 0.111. The van der Waals surface area contributed by atoms with E-state index in [-0.39, 0.29) is 5.56 Å². The minimum Gasteiger partial charge on any atom is -0.344 e. The van der Waals surface area contributed by atoms with Crippen LogP contribution < -0.4 is 0 Å². The molecule has 0 spiro atoms. The van der Waals surface area contributed by atoms with Gasteiger partial charge in [-0.15, -0.1) is 0 Å². The third-order valence-electron chi connectivity index (χ3n) is 3.79. The minimum atomic E-state index is -0.503. The zero-order valence-electron chi connectivity index (χ0n) is 11.9. The summed E-state index contributed by atoms with van der Waals surface area (Å²) >= 11 is 0. The number of allylic oxidation sites excluding steroid dienone is 4. The topological polar surface area (TPSA) is 22.0 Å². The zero-order chi connectivity index (χ0) is 15.5. The van der Waals surface area contributed by atoms with E-state index in [4.69, 9.17) is 0 Å². The molecule has 0 radical (unpaired) electrons. The first kappa shape index (κ1) is 14.4. The van der Waals surface area contributed by atoms with Gasteiger partial charge in [0.15, 0.2) is 6.29 Å². The summed E-state index contributed by atoms with van der Waals surface area (Å²) < 4.78 is 29.0. The molecule has 2 aromatic rings. The Morgan fingerprint density at radius 3 is 2.82 bits per heavy atom. The lowest BCUT2D eigenvalue weighted by Gasteiger charge is -2.14. The van der Waals surface area contributed by atoms with Gasteiger partial charge in [0.25, 0.3) is 0 Å². The van der Waals surface area contributed by atoms with Gasteiger partial charge in [0.1, 0.15) is 11.6 Å². The molecule has 0 amide bonds. The standard InChI is InChI=1S/C18H15F2NO/c19-15-6-7-18(20)17(9-15)14-8-16(12-22)21(11-14)10-13-4-2-1-3-5-13/h1-4,6-9,11-13H,5,10H2. The van der Waals surface area contributed by atoms with Gasteiger partial charge in [-0.05, 0) is 36.6 Å². The molecule has 22 heavy (non-hydrogen) atoms. The lowest BCUT2D eigenvalue weighted by atomic mass is 10.0. The molecule has 1 aromatic heterocycles. The predicted octanol–water partition coefficient (Wildman–Crippen LogP) is 4.38. The van der Waals surface area contributed by atoms with Crippen molar-refractivity contribution in [3.05, 3.63) is 72.1 Å². The molecule has 0 saturated carbocycles. The Morgan fingerprint density at radius 2 is 2.09 bits per heavy atom. The van der Waals surface area contributed by atoms with Crippen molar-refractivity contribution < 1.29 is 13.6 Å². The van der Waals surface area contributed by atoms with E-state index >= 15 is 0 Å². The molecular formula is C18H15F2NO. The van der Waals surface area contributed by atoms with E-state index in [0.29, 0.717) is 23.7 Å². The van der Waals surface area contributed by atoms with Crippen molar-refractivity contribution in [2.75, 3.05) is 0 Å². The fourth-order valence-electron chi connectivity index (χ4n) is 2.67. The maximum Gasteiger partial charge on any atom is 0.166 e. The Labute approximate surface area is 127 Å². The van der Waals surface area contributed by atoms with Gasteiger partial charge >= 0.3 is 0 Å². The molecule has 0 bridgehead atoms. The molecule has 1 aromatic carbocycles. The first-order valence-corrected chi connectivity index (χ1v) is 7.11. The molecule has 0 N–H and O–H groups in total. The van der Waals surface area contributed by atoms with Crippen LogP contribution in [0.2, 0.25) is 0 Å². The van der Waals surface area contributed by atoms with Crippen molar-refractivity contribution in [1.82, 2.24) is 4.57 Å². The van der Waals surface area contributed by atoms with E-state index in [0.717, 1.165) is 30.9 Å². The maximum absolute atomic E-state index is 13.9. The van der Waals surface area contributed by atoms with Crippen molar-refractivity contribution in [2.24, 2.45) is 5.92 Å². The number of hydrogen-bond acceptors (Lipinski definition) is 1. The number of aromatic nitrogens is 1. The van der Waals surface area contributed by atoms with Gasteiger partial charge < -0.3 is 4.57 Å². The summed E-state index contributed by atoms with van der Waals surface area (Å²) in [7, 11) is 0. The molecule has 112 valence electrons. The van der Waals surface area contributed by atoms with E-state index in [1.807, 2.05) is 12.2 Å². The summed E-state index contributed by atoms with van der Waals surface area (Å²) in [6.45, 7) is 0.631. The van der Waals surface area contributed by atoms with Gasteiger partial charge in [0, 0.05) is 23.9 Å². The highest BCUT2D eigenvalue weighted by Crippen LogP contribution is 2.27. The SMILES string of the molecule is O=Cc1cc(-c2cc(F)ccc2F)cn1CC1C=CC=CC1. The predicted molar refractivity (Wildman–Crippen MR) is 81.6 cm³/mol. The first-order valence-electron chi connectivity index (χ1n) is 7.11. The van der Waals surface area contributed by atoms with Gasteiger partial charge in [0.2, 0.25) is 0 Å². The average molecular weight is 299 g/mol. The lowest BCUT2D eigenvalue weighted by Crippen LogP contribution is -2.10. The quantitative estimate of drug-likeness (QED) is 0.768. The monoisotopic (exact) mass is 299 g/mol. The molecule has 3 rings (SSSR count). The summed E-state index contributed by atoms with van der Waals surface area (Å²) in [5, 5.41) is 0. The zero-order valence-corrected chi connectivity index (χ0v) is 11.9. The second-order valence-corrected chi connectivity index (χ2v) is 5.36. The fourth-order valence-corrected chi connectivity index (χ4v) is 2.67. The van der Waals surface area contributed by atoms with Crippen molar-refractivity contribution in [2.45, 2.75) is 13.0 Å². The Bertz CT molecular complexity index is 758. The molecule has 0 aliphatic heterocycles. The van der Waals surface area contributed by atoms with Crippen LogP contribution in [0, 0.1) is 17.6 Å². The largest absolute Gasteiger partial charge is 0.344 e. The van der Waals surface area contributed by atoms with Crippen molar-refractivity contribution in [3.8, 4) is 11.1 Å². The van der Waals surface area contributed by atoms with Crippen LogP contribution in [0.3, 0.4) is 0 Å². The van der Waals surface area contributed by atoms with Crippen LogP contribution in [0.4, 0.5) is 8.78 Å². The van der Waals surface area contributed by atoms with Crippen LogP contribution in [0.15, 0.2) is 54.8 Å². The van der Waals surface area contributed by atoms with Crippen molar-refractivity contribution >= 4 is 6.29 Å². The van der Waals surface area contributed by atoms with Crippen LogP contribution >= 0.6 is 0 Å². The summed E-state index contributed by atoms with van der Waals surface area (Å²) in [6, 6.07) is 4.91. The molecule has 4 heteroatoms. The summed E-state index contributed by atoms with van der Waals surface area (Å²) in [5.74, 6) is -0.713. The van der Waals surface area contributed by atoms with E-state index in [9.17, 15) is 13.6 Å². The van der Waals surface area contributed by atoms with Crippen LogP contribution in [0.25, 0.3) is 11.1 Å². The third-order valence-corrected chi connectivity index (χ3v) is 3.79. The van der Waals surface area contributed by atoms with E-state index in [1.54, 1.807) is 16.8 Å². The molecule has 1 aliphatic rings. The minimum absolute atomic E-state index is 0.168. The van der Waals surface area contributed by atoms with Crippen LogP contribution in [-0.2, 0) is 6.54 Å². The van der Waals surface area contributed by atoms with Gasteiger partial charge in [-0.1, -0.05) is 24.3 Å². The average Bonchev–Trinajstić information content (AvgIpc) is 2.93. The van der Waals surface area contributed by atoms with Gasteiger partial charge in [-0.3, -0.25) is 4.79 Å². The van der Waals surface area contributed by atoms with Crippen LogP contribution in [0.5, 0.6) is 0 Å². The Morgan fingerprint density at radius 1 is 1.23 bits per heavy atom. The summed E-state index contributed by atoms with van der Waals surface area (Å²) in [5.41, 5.74) is 1.14. The van der Waals surface area contributed by atoms with Crippen molar-refractivity contribution in [1.29, 1.82) is 0 Å². The van der Waals surface area contributed by atoms with E-state index < -0.39 is 11.6 Å². The maximum atomic E-state index is 13.9. The fraction of sp³-hybridized carbons (Fsp3) is 0.167. The second-order valence-electron chi connectivity index (χ2n) is 5.36. The molecule has 2 nitrogen and oxygen atoms in total. The Balaban J connectivity index is 1.94. The van der Waals surface area contributed by atoms with Crippen molar-refractivity contribution in [3.63, 3.8) is 0 Å². The summed E-state index contributed by atoms with van der Waals surface area (Å²) in [6.07, 6.45) is 11.5. The molecule has 0 fully saturated rings. The Kier molecular flexibility index (Phi) is 4.00. The number of carbonyl (C=O) groups is 1. The summed E-state index contributed by atoms with van der Waals surface area (Å²) in [4.78, 5) is 11.2. The van der Waals surface area contributed by atoms with Gasteiger partial charge in [0.05, 0.1) is 5.69 Å². The number of carbonyl (C=O) groups excluding carboxylic acids is 1. The molecule has 1 atom stereocenters. The highest BCUT2D eigenvalue weighted by Gasteiger charge is 2.14. The van der Waals surface area contributed by atoms with E-state index in [2.05, 4.69) is 12.2 Å². The van der Waals surface area contributed by atoms with Gasteiger partial charge in [-0.2, -0.15) is 0 Å². The number of benzene rings is 1. The first-order chi connectivity index (χ1) is 10.7. The molecule has 1 unspecified atom stereocenters. The smallest absolute Gasteiger partial charge is 0.166 e. The number of halogens is 2. The molecular weight excluding hydrogens is 284 g/mol. The van der Waals surface area contributed by atoms with Gasteiger partial charge in [-0.25, -0.2) is 8.78 Å². The van der Waals surface area contributed by atoms with E-state index in [1.165, 1.54) is 0 Å².